The fraction of sp³-hybridized carbons (Fsp3) is 0.952. The van der Waals surface area contributed by atoms with Crippen LogP contribution in [0, 0.1) is 5.92 Å². The first-order valence-corrected chi connectivity index (χ1v) is 11.3. The van der Waals surface area contributed by atoms with Crippen LogP contribution in [0.5, 0.6) is 0 Å². The highest BCUT2D eigenvalue weighted by atomic mass is 16.5. The van der Waals surface area contributed by atoms with Crippen LogP contribution in [-0.4, -0.2) is 112 Å². The molecule has 0 aliphatic carbocycles. The van der Waals surface area contributed by atoms with Gasteiger partial charge in [0, 0.05) is 65.4 Å². The second kappa shape index (κ2) is 13.4. The van der Waals surface area contributed by atoms with Gasteiger partial charge in [0.05, 0.1) is 13.2 Å². The molecule has 0 spiro atoms. The van der Waals surface area contributed by atoms with Crippen molar-refractivity contribution >= 4 is 5.96 Å². The molecule has 2 aliphatic rings. The Morgan fingerprint density at radius 3 is 2.25 bits per heavy atom. The lowest BCUT2D eigenvalue weighted by Crippen LogP contribution is -2.52. The third kappa shape index (κ3) is 8.23. The molecule has 28 heavy (non-hydrogen) atoms. The highest BCUT2D eigenvalue weighted by molar-refractivity contribution is 5.79. The van der Waals surface area contributed by atoms with Gasteiger partial charge in [-0.3, -0.25) is 9.89 Å². The summed E-state index contributed by atoms with van der Waals surface area (Å²) in [6.45, 7) is 19.9. The number of nitrogens with zero attached hydrogens (tertiary/aromatic N) is 4. The maximum Gasteiger partial charge on any atom is 0.191 e. The minimum atomic E-state index is 0.518. The first kappa shape index (κ1) is 23.4. The molecule has 0 aromatic heterocycles. The molecule has 7 heteroatoms. The summed E-state index contributed by atoms with van der Waals surface area (Å²) < 4.78 is 5.50. The number of likely N-dealkylation sites (N-methyl/N-ethyl adjacent to an activating group) is 1. The van der Waals surface area contributed by atoms with Crippen LogP contribution in [0.25, 0.3) is 0 Å². The summed E-state index contributed by atoms with van der Waals surface area (Å²) in [7, 11) is 1.86. The maximum atomic E-state index is 5.50. The molecule has 0 amide bonds. The predicted molar refractivity (Wildman–Crippen MR) is 118 cm³/mol. The zero-order valence-electron chi connectivity index (χ0n) is 18.8. The summed E-state index contributed by atoms with van der Waals surface area (Å²) in [5.41, 5.74) is 0. The summed E-state index contributed by atoms with van der Waals surface area (Å²) >= 11 is 0. The van der Waals surface area contributed by atoms with Crippen LogP contribution >= 0.6 is 0 Å². The van der Waals surface area contributed by atoms with Gasteiger partial charge in [-0.05, 0) is 31.8 Å². The molecule has 2 aliphatic heterocycles. The Balaban J connectivity index is 1.59. The molecule has 0 aromatic rings. The van der Waals surface area contributed by atoms with Crippen molar-refractivity contribution in [2.24, 2.45) is 10.9 Å². The summed E-state index contributed by atoms with van der Waals surface area (Å²) in [5, 5.41) is 7.03. The Hall–Kier alpha value is -0.890. The molecule has 0 aromatic carbocycles. The van der Waals surface area contributed by atoms with Crippen molar-refractivity contribution in [2.45, 2.75) is 39.7 Å². The number of hydrogen-bond donors (Lipinski definition) is 2. The number of hydrogen-bond acceptors (Lipinski definition) is 5. The van der Waals surface area contributed by atoms with E-state index in [1.165, 1.54) is 52.1 Å². The lowest BCUT2D eigenvalue weighted by Gasteiger charge is -2.37. The van der Waals surface area contributed by atoms with Crippen molar-refractivity contribution in [3.05, 3.63) is 0 Å². The monoisotopic (exact) mass is 396 g/mol. The van der Waals surface area contributed by atoms with Gasteiger partial charge in [0.1, 0.15) is 0 Å². The van der Waals surface area contributed by atoms with Crippen LogP contribution in [0.15, 0.2) is 4.99 Å². The standard InChI is InChI=1S/C21H44N6O/c1-5-25-10-12-26(13-11-25)9-7-6-8-23-21(22-4)24-18-20(19(2)3)27-14-16-28-17-15-27/h19-20H,5-18H2,1-4H3,(H2,22,23,24). The van der Waals surface area contributed by atoms with E-state index in [4.69, 9.17) is 4.74 Å². The van der Waals surface area contributed by atoms with E-state index in [-0.39, 0.29) is 0 Å². The lowest BCUT2D eigenvalue weighted by atomic mass is 10.0. The van der Waals surface area contributed by atoms with Gasteiger partial charge in [-0.25, -0.2) is 0 Å². The number of ether oxygens (including phenoxy) is 1. The lowest BCUT2D eigenvalue weighted by molar-refractivity contribution is 0.00752. The molecule has 0 saturated carbocycles. The third-order valence-electron chi connectivity index (χ3n) is 6.09. The Kier molecular flexibility index (Phi) is 11.2. The third-order valence-corrected chi connectivity index (χ3v) is 6.09. The van der Waals surface area contributed by atoms with Crippen molar-refractivity contribution in [1.82, 2.24) is 25.3 Å². The predicted octanol–water partition coefficient (Wildman–Crippen LogP) is 0.926. The Labute approximate surface area is 172 Å². The van der Waals surface area contributed by atoms with Gasteiger partial charge in [0.15, 0.2) is 5.96 Å². The molecule has 0 radical (unpaired) electrons. The number of rotatable bonds is 10. The van der Waals surface area contributed by atoms with E-state index in [0.717, 1.165) is 45.4 Å². The molecule has 2 rings (SSSR count). The topological polar surface area (TPSA) is 55.4 Å². The molecular formula is C21H44N6O. The van der Waals surface area contributed by atoms with Gasteiger partial charge in [0.25, 0.3) is 0 Å². The van der Waals surface area contributed by atoms with Crippen molar-refractivity contribution in [1.29, 1.82) is 0 Å². The van der Waals surface area contributed by atoms with Crippen molar-refractivity contribution < 1.29 is 4.74 Å². The summed E-state index contributed by atoms with van der Waals surface area (Å²) in [4.78, 5) is 12.1. The van der Waals surface area contributed by atoms with E-state index >= 15 is 0 Å². The Bertz CT molecular complexity index is 431. The normalized spacial score (nSPS) is 21.8. The quantitative estimate of drug-likeness (QED) is 0.325. The number of guanidine groups is 1. The van der Waals surface area contributed by atoms with Gasteiger partial charge in [-0.15, -0.1) is 0 Å². The maximum absolute atomic E-state index is 5.50. The number of morpholine rings is 1. The molecule has 1 unspecified atom stereocenters. The number of nitrogens with one attached hydrogen (secondary N) is 2. The van der Waals surface area contributed by atoms with Crippen LogP contribution < -0.4 is 10.6 Å². The van der Waals surface area contributed by atoms with Crippen LogP contribution in [0.4, 0.5) is 0 Å². The van der Waals surface area contributed by atoms with Crippen molar-refractivity contribution in [3.8, 4) is 0 Å². The van der Waals surface area contributed by atoms with Crippen molar-refractivity contribution in [2.75, 3.05) is 85.7 Å². The average Bonchev–Trinajstić information content (AvgIpc) is 2.73. The van der Waals surface area contributed by atoms with Gasteiger partial charge in [-0.2, -0.15) is 0 Å². The SMILES string of the molecule is CCN1CCN(CCCCNC(=NC)NCC(C(C)C)N2CCOCC2)CC1. The summed E-state index contributed by atoms with van der Waals surface area (Å²) in [5.74, 6) is 1.53. The molecule has 1 atom stereocenters. The van der Waals surface area contributed by atoms with Gasteiger partial charge in [-0.1, -0.05) is 20.8 Å². The van der Waals surface area contributed by atoms with Gasteiger partial charge < -0.3 is 25.2 Å². The van der Waals surface area contributed by atoms with E-state index in [9.17, 15) is 0 Å². The molecule has 2 fully saturated rings. The Morgan fingerprint density at radius 2 is 1.64 bits per heavy atom. The molecule has 0 bridgehead atoms. The summed E-state index contributed by atoms with van der Waals surface area (Å²) in [6, 6.07) is 0.518. The number of aliphatic imine (C=N–C) groups is 1. The van der Waals surface area contributed by atoms with Crippen LogP contribution in [0.1, 0.15) is 33.6 Å². The van der Waals surface area contributed by atoms with Crippen LogP contribution in [0.3, 0.4) is 0 Å². The minimum absolute atomic E-state index is 0.518. The largest absolute Gasteiger partial charge is 0.379 e. The second-order valence-electron chi connectivity index (χ2n) is 8.32. The highest BCUT2D eigenvalue weighted by Crippen LogP contribution is 2.12. The van der Waals surface area contributed by atoms with E-state index in [1.807, 2.05) is 7.05 Å². The smallest absolute Gasteiger partial charge is 0.191 e. The van der Waals surface area contributed by atoms with E-state index < -0.39 is 0 Å². The zero-order valence-corrected chi connectivity index (χ0v) is 18.8. The van der Waals surface area contributed by atoms with E-state index in [1.54, 1.807) is 0 Å². The van der Waals surface area contributed by atoms with Crippen LogP contribution in [0.2, 0.25) is 0 Å². The minimum Gasteiger partial charge on any atom is -0.379 e. The van der Waals surface area contributed by atoms with Gasteiger partial charge >= 0.3 is 0 Å². The number of piperazine rings is 1. The summed E-state index contributed by atoms with van der Waals surface area (Å²) in [6.07, 6.45) is 2.43. The molecular weight excluding hydrogens is 352 g/mol. The highest BCUT2D eigenvalue weighted by Gasteiger charge is 2.23. The fourth-order valence-corrected chi connectivity index (χ4v) is 4.11. The fourth-order valence-electron chi connectivity index (χ4n) is 4.11. The first-order valence-electron chi connectivity index (χ1n) is 11.3. The van der Waals surface area contributed by atoms with E-state index in [2.05, 4.69) is 51.1 Å². The average molecular weight is 397 g/mol. The van der Waals surface area contributed by atoms with E-state index in [0.29, 0.717) is 12.0 Å². The molecule has 2 saturated heterocycles. The number of unbranched alkanes of at least 4 members (excludes halogenated alkanes) is 1. The van der Waals surface area contributed by atoms with Gasteiger partial charge in [0.2, 0.25) is 0 Å². The first-order chi connectivity index (χ1) is 13.6. The zero-order chi connectivity index (χ0) is 20.2. The molecule has 164 valence electrons. The molecule has 7 nitrogen and oxygen atoms in total. The molecule has 2 N–H and O–H groups in total. The second-order valence-corrected chi connectivity index (χ2v) is 8.32. The Morgan fingerprint density at radius 1 is 0.964 bits per heavy atom. The van der Waals surface area contributed by atoms with Crippen molar-refractivity contribution in [3.63, 3.8) is 0 Å². The van der Waals surface area contributed by atoms with Crippen LogP contribution in [-0.2, 0) is 4.74 Å². The molecule has 2 heterocycles.